The van der Waals surface area contributed by atoms with Gasteiger partial charge >= 0.3 is 24.0 Å². The summed E-state index contributed by atoms with van der Waals surface area (Å²) >= 11 is 0. The molecule has 1 rings (SSSR count). The zero-order valence-electron chi connectivity index (χ0n) is 13.4. The third kappa shape index (κ3) is 3.88. The van der Waals surface area contributed by atoms with Crippen LogP contribution in [0.15, 0.2) is 24.3 Å². The van der Waals surface area contributed by atoms with E-state index in [9.17, 15) is 35.5 Å². The van der Waals surface area contributed by atoms with Crippen molar-refractivity contribution in [3.63, 3.8) is 0 Å². The molecule has 0 aliphatic rings. The van der Waals surface area contributed by atoms with Gasteiger partial charge in [0.25, 0.3) is 0 Å². The minimum atomic E-state index is -6.45. The molecule has 0 N–H and O–H groups in total. The molecule has 1 aromatic carbocycles. The van der Waals surface area contributed by atoms with Crippen molar-refractivity contribution in [2.75, 3.05) is 14.2 Å². The topological polar surface area (TPSA) is 35.5 Å². The number of carbonyl (C=O) groups is 1. The van der Waals surface area contributed by atoms with Crippen molar-refractivity contribution in [2.24, 2.45) is 0 Å². The van der Waals surface area contributed by atoms with Crippen molar-refractivity contribution in [1.82, 2.24) is 0 Å². The van der Waals surface area contributed by atoms with Crippen molar-refractivity contribution in [2.45, 2.75) is 37.0 Å². The number of carbonyl (C=O) groups excluding carboxylic acids is 1. The van der Waals surface area contributed by atoms with Gasteiger partial charge in [-0.25, -0.2) is 4.79 Å². The van der Waals surface area contributed by atoms with Gasteiger partial charge in [-0.05, 0) is 18.6 Å². The van der Waals surface area contributed by atoms with Crippen LogP contribution in [-0.2, 0) is 15.1 Å². The zero-order valence-corrected chi connectivity index (χ0v) is 13.4. The highest BCUT2D eigenvalue weighted by atomic mass is 19.4. The van der Waals surface area contributed by atoms with Gasteiger partial charge in [-0.1, -0.05) is 18.2 Å². The highest BCUT2D eigenvalue weighted by molar-refractivity contribution is 5.91. The number of esters is 1. The molecule has 0 heterocycles. The van der Waals surface area contributed by atoms with Gasteiger partial charge in [-0.2, -0.15) is 30.7 Å². The summed E-state index contributed by atoms with van der Waals surface area (Å²) < 4.78 is 100. The normalized spacial score (nSPS) is 15.6. The lowest BCUT2D eigenvalue weighted by atomic mass is 9.84. The molecule has 25 heavy (non-hydrogen) atoms. The average molecular weight is 376 g/mol. The number of hydrogen-bond acceptors (Lipinski definition) is 3. The molecule has 10 heteroatoms. The van der Waals surface area contributed by atoms with Crippen molar-refractivity contribution in [1.29, 1.82) is 0 Å². The summed E-state index contributed by atoms with van der Waals surface area (Å²) in [7, 11) is 1.85. The maximum atomic E-state index is 13.8. The Labute approximate surface area is 138 Å². The molecule has 0 aromatic heterocycles. The molecular weight excluding hydrogens is 361 g/mol. The summed E-state index contributed by atoms with van der Waals surface area (Å²) in [4.78, 5) is 11.7. The van der Waals surface area contributed by atoms with Crippen LogP contribution in [0.5, 0.6) is 0 Å². The Kier molecular flexibility index (Phi) is 5.78. The number of hydrogen-bond donors (Lipinski definition) is 0. The molecule has 142 valence electrons. The van der Waals surface area contributed by atoms with E-state index in [1.54, 1.807) is 0 Å². The van der Waals surface area contributed by atoms with Gasteiger partial charge in [0.15, 0.2) is 0 Å². The van der Waals surface area contributed by atoms with Crippen LogP contribution in [-0.4, -0.2) is 38.2 Å². The Morgan fingerprint density at radius 3 is 1.96 bits per heavy atom. The summed E-state index contributed by atoms with van der Waals surface area (Å²) in [6.07, 6.45) is -8.47. The number of methoxy groups -OCH3 is 2. The molecule has 3 nitrogen and oxygen atoms in total. The van der Waals surface area contributed by atoms with E-state index in [2.05, 4.69) is 4.74 Å². The monoisotopic (exact) mass is 376 g/mol. The lowest BCUT2D eigenvalue weighted by molar-refractivity contribution is -0.362. The van der Waals surface area contributed by atoms with Crippen LogP contribution >= 0.6 is 0 Å². The van der Waals surface area contributed by atoms with Gasteiger partial charge in [0.2, 0.25) is 0 Å². The Balaban J connectivity index is 3.41. The highest BCUT2D eigenvalue weighted by Gasteiger charge is 2.73. The number of ether oxygens (including phenoxy) is 2. The van der Waals surface area contributed by atoms with E-state index in [-0.39, 0.29) is 11.1 Å². The predicted molar refractivity (Wildman–Crippen MR) is 72.7 cm³/mol. The molecular formula is C15H15F7O3. The first-order chi connectivity index (χ1) is 11.2. The van der Waals surface area contributed by atoms with E-state index in [0.717, 1.165) is 33.3 Å². The van der Waals surface area contributed by atoms with E-state index in [1.807, 2.05) is 0 Å². The fourth-order valence-corrected chi connectivity index (χ4v) is 2.25. The van der Waals surface area contributed by atoms with Gasteiger partial charge in [0, 0.05) is 7.11 Å². The van der Waals surface area contributed by atoms with Crippen LogP contribution in [0.4, 0.5) is 30.7 Å². The minimum Gasteiger partial charge on any atom is -0.465 e. The van der Waals surface area contributed by atoms with E-state index < -0.39 is 36.0 Å². The second-order valence-corrected chi connectivity index (χ2v) is 5.43. The van der Waals surface area contributed by atoms with Gasteiger partial charge in [-0.3, -0.25) is 0 Å². The molecule has 1 atom stereocenters. The molecule has 0 bridgehead atoms. The van der Waals surface area contributed by atoms with Gasteiger partial charge in [0.1, 0.15) is 0 Å². The second-order valence-electron chi connectivity index (χ2n) is 5.43. The third-order valence-electron chi connectivity index (χ3n) is 3.73. The number of alkyl halides is 7. The molecule has 0 aliphatic heterocycles. The number of rotatable bonds is 6. The fraction of sp³-hybridized carbons (Fsp3) is 0.533. The van der Waals surface area contributed by atoms with Crippen molar-refractivity contribution in [3.8, 4) is 0 Å². The lowest BCUT2D eigenvalue weighted by Crippen LogP contribution is -2.54. The number of halogens is 7. The fourth-order valence-electron chi connectivity index (χ4n) is 2.25. The van der Waals surface area contributed by atoms with Gasteiger partial charge < -0.3 is 9.47 Å². The van der Waals surface area contributed by atoms with Crippen LogP contribution in [0.3, 0.4) is 0 Å². The van der Waals surface area contributed by atoms with Crippen LogP contribution < -0.4 is 0 Å². The minimum absolute atomic E-state index is 0.291. The summed E-state index contributed by atoms with van der Waals surface area (Å²) in [5, 5.41) is 0. The lowest BCUT2D eigenvalue weighted by Gasteiger charge is -2.36. The summed E-state index contributed by atoms with van der Waals surface area (Å²) in [6.45, 7) is 0.884. The standard InChI is InChI=1S/C15H15F7O3/c1-12(25-3,8-13(16,17)14(18,19)15(20,21)22)10-7-5-4-6-9(10)11(23)24-2/h4-7H,8H2,1-3H3. The SMILES string of the molecule is COC(=O)c1ccccc1C(C)(CC(F)(F)C(F)(F)C(F)(F)F)OC. The van der Waals surface area contributed by atoms with E-state index in [0.29, 0.717) is 0 Å². The zero-order chi connectivity index (χ0) is 19.7. The summed E-state index contributed by atoms with van der Waals surface area (Å²) in [5.74, 6) is -12.7. The quantitative estimate of drug-likeness (QED) is 0.540. The van der Waals surface area contributed by atoms with Crippen LogP contribution in [0.1, 0.15) is 29.3 Å². The second kappa shape index (κ2) is 6.81. The largest absolute Gasteiger partial charge is 0.465 e. The molecule has 0 radical (unpaired) electrons. The molecule has 0 fully saturated rings. The number of benzene rings is 1. The maximum Gasteiger partial charge on any atom is 0.459 e. The Morgan fingerprint density at radius 2 is 1.52 bits per heavy atom. The van der Waals surface area contributed by atoms with Crippen molar-refractivity contribution >= 4 is 5.97 Å². The smallest absolute Gasteiger partial charge is 0.459 e. The van der Waals surface area contributed by atoms with E-state index >= 15 is 0 Å². The maximum absolute atomic E-state index is 13.8. The Hall–Kier alpha value is -1.84. The molecule has 0 aliphatic carbocycles. The molecule has 1 aromatic rings. The molecule has 1 unspecified atom stereocenters. The predicted octanol–water partition coefficient (Wildman–Crippen LogP) is 4.56. The Bertz CT molecular complexity index is 628. The average Bonchev–Trinajstić information content (AvgIpc) is 2.52. The third-order valence-corrected chi connectivity index (χ3v) is 3.73. The van der Waals surface area contributed by atoms with Crippen LogP contribution in [0.25, 0.3) is 0 Å². The van der Waals surface area contributed by atoms with E-state index in [4.69, 9.17) is 4.74 Å². The first kappa shape index (κ1) is 21.2. The summed E-state index contributed by atoms with van der Waals surface area (Å²) in [6, 6.07) is 4.89. The van der Waals surface area contributed by atoms with Crippen molar-refractivity contribution < 1.29 is 45.0 Å². The Morgan fingerprint density at radius 1 is 1.00 bits per heavy atom. The summed E-state index contributed by atoms with van der Waals surface area (Å²) in [5.41, 5.74) is -2.91. The van der Waals surface area contributed by atoms with Gasteiger partial charge in [0.05, 0.1) is 24.7 Å². The van der Waals surface area contributed by atoms with Crippen LogP contribution in [0, 0.1) is 0 Å². The molecule has 0 spiro atoms. The highest BCUT2D eigenvalue weighted by Crippen LogP contribution is 2.51. The molecule has 0 amide bonds. The van der Waals surface area contributed by atoms with Crippen LogP contribution in [0.2, 0.25) is 0 Å². The first-order valence-electron chi connectivity index (χ1n) is 6.79. The molecule has 0 saturated carbocycles. The van der Waals surface area contributed by atoms with Crippen molar-refractivity contribution in [3.05, 3.63) is 35.4 Å². The van der Waals surface area contributed by atoms with Gasteiger partial charge in [-0.15, -0.1) is 0 Å². The molecule has 0 saturated heterocycles. The first-order valence-corrected chi connectivity index (χ1v) is 6.79. The van der Waals surface area contributed by atoms with E-state index in [1.165, 1.54) is 12.1 Å².